The van der Waals surface area contributed by atoms with Crippen molar-refractivity contribution in [1.82, 2.24) is 9.80 Å². The van der Waals surface area contributed by atoms with Gasteiger partial charge in [-0.25, -0.2) is 0 Å². The van der Waals surface area contributed by atoms with E-state index >= 15 is 0 Å². The van der Waals surface area contributed by atoms with Crippen molar-refractivity contribution in [3.05, 3.63) is 0 Å². The van der Waals surface area contributed by atoms with Crippen LogP contribution in [0.3, 0.4) is 0 Å². The summed E-state index contributed by atoms with van der Waals surface area (Å²) in [6.07, 6.45) is 2.36. The van der Waals surface area contributed by atoms with Gasteiger partial charge in [0.2, 0.25) is 0 Å². The maximum Gasteiger partial charge on any atom is 0.0195 e. The SMILES string of the molecule is CCCC(N)CN1CCN(CC)C(C)C1. The third-order valence-corrected chi connectivity index (χ3v) is 3.41. The molecule has 1 saturated heterocycles. The molecule has 2 unspecified atom stereocenters. The number of nitrogens with zero attached hydrogens (tertiary/aromatic N) is 2. The Labute approximate surface area is 94.6 Å². The van der Waals surface area contributed by atoms with E-state index in [2.05, 4.69) is 30.6 Å². The third kappa shape index (κ3) is 4.09. The number of likely N-dealkylation sites (N-methyl/N-ethyl adjacent to an activating group) is 1. The van der Waals surface area contributed by atoms with E-state index in [1.807, 2.05) is 0 Å². The van der Waals surface area contributed by atoms with Crippen LogP contribution in [0, 0.1) is 0 Å². The molecule has 1 heterocycles. The molecule has 3 heteroatoms. The molecule has 1 rings (SSSR count). The molecular weight excluding hydrogens is 186 g/mol. The summed E-state index contributed by atoms with van der Waals surface area (Å²) in [5, 5.41) is 0. The van der Waals surface area contributed by atoms with Crippen LogP contribution >= 0.6 is 0 Å². The number of hydrogen-bond acceptors (Lipinski definition) is 3. The van der Waals surface area contributed by atoms with Gasteiger partial charge in [0.25, 0.3) is 0 Å². The van der Waals surface area contributed by atoms with Crippen LogP contribution in [0.25, 0.3) is 0 Å². The number of rotatable bonds is 5. The largest absolute Gasteiger partial charge is 0.327 e. The van der Waals surface area contributed by atoms with Crippen molar-refractivity contribution in [3.63, 3.8) is 0 Å². The van der Waals surface area contributed by atoms with Crippen molar-refractivity contribution < 1.29 is 0 Å². The van der Waals surface area contributed by atoms with Crippen LogP contribution in [0.1, 0.15) is 33.6 Å². The second-order valence-electron chi connectivity index (χ2n) is 4.79. The Hall–Kier alpha value is -0.120. The minimum Gasteiger partial charge on any atom is -0.327 e. The van der Waals surface area contributed by atoms with Crippen LogP contribution in [-0.4, -0.2) is 54.6 Å². The van der Waals surface area contributed by atoms with Crippen LogP contribution in [0.15, 0.2) is 0 Å². The number of hydrogen-bond donors (Lipinski definition) is 1. The van der Waals surface area contributed by atoms with Crippen molar-refractivity contribution >= 4 is 0 Å². The second kappa shape index (κ2) is 6.46. The van der Waals surface area contributed by atoms with E-state index in [4.69, 9.17) is 5.73 Å². The van der Waals surface area contributed by atoms with Gasteiger partial charge < -0.3 is 5.73 Å². The van der Waals surface area contributed by atoms with E-state index in [1.165, 1.54) is 32.6 Å². The van der Waals surface area contributed by atoms with Gasteiger partial charge in [-0.3, -0.25) is 9.80 Å². The first-order chi connectivity index (χ1) is 7.17. The normalized spacial score (nSPS) is 26.8. The van der Waals surface area contributed by atoms with Crippen LogP contribution in [0.5, 0.6) is 0 Å². The zero-order chi connectivity index (χ0) is 11.3. The van der Waals surface area contributed by atoms with E-state index in [0.29, 0.717) is 12.1 Å². The molecule has 90 valence electrons. The summed E-state index contributed by atoms with van der Waals surface area (Å²) in [5.41, 5.74) is 6.07. The van der Waals surface area contributed by atoms with E-state index in [9.17, 15) is 0 Å². The summed E-state index contributed by atoms with van der Waals surface area (Å²) >= 11 is 0. The zero-order valence-corrected chi connectivity index (χ0v) is 10.6. The highest BCUT2D eigenvalue weighted by Crippen LogP contribution is 2.09. The van der Waals surface area contributed by atoms with Crippen LogP contribution in [0.2, 0.25) is 0 Å². The minimum atomic E-state index is 0.371. The van der Waals surface area contributed by atoms with Crippen molar-refractivity contribution in [2.75, 3.05) is 32.7 Å². The van der Waals surface area contributed by atoms with Gasteiger partial charge in [-0.2, -0.15) is 0 Å². The average Bonchev–Trinajstić information content (AvgIpc) is 2.18. The fourth-order valence-electron chi connectivity index (χ4n) is 2.50. The second-order valence-corrected chi connectivity index (χ2v) is 4.79. The lowest BCUT2D eigenvalue weighted by Crippen LogP contribution is -2.53. The van der Waals surface area contributed by atoms with Gasteiger partial charge in [-0.1, -0.05) is 20.3 Å². The molecule has 0 aromatic heterocycles. The Bertz CT molecular complexity index is 170. The standard InChI is InChI=1S/C12H27N3/c1-4-6-12(13)10-14-7-8-15(5-2)11(3)9-14/h11-12H,4-10,13H2,1-3H3. The Morgan fingerprint density at radius 3 is 2.60 bits per heavy atom. The molecule has 2 atom stereocenters. The molecule has 0 radical (unpaired) electrons. The summed E-state index contributed by atoms with van der Waals surface area (Å²) in [7, 11) is 0. The zero-order valence-electron chi connectivity index (χ0n) is 10.6. The molecular formula is C12H27N3. The Kier molecular flexibility index (Phi) is 5.58. The molecule has 2 N–H and O–H groups in total. The smallest absolute Gasteiger partial charge is 0.0195 e. The van der Waals surface area contributed by atoms with Crippen molar-refractivity contribution in [1.29, 1.82) is 0 Å². The quantitative estimate of drug-likeness (QED) is 0.743. The molecule has 0 aliphatic carbocycles. The highest BCUT2D eigenvalue weighted by atomic mass is 15.3. The molecule has 0 amide bonds. The van der Waals surface area contributed by atoms with Gasteiger partial charge in [-0.05, 0) is 19.9 Å². The summed E-state index contributed by atoms with van der Waals surface area (Å²) in [5.74, 6) is 0. The summed E-state index contributed by atoms with van der Waals surface area (Å²) in [4.78, 5) is 5.07. The fraction of sp³-hybridized carbons (Fsp3) is 1.00. The molecule has 1 fully saturated rings. The topological polar surface area (TPSA) is 32.5 Å². The average molecular weight is 213 g/mol. The maximum absolute atomic E-state index is 6.07. The molecule has 0 bridgehead atoms. The summed E-state index contributed by atoms with van der Waals surface area (Å²) in [6.45, 7) is 12.6. The fourth-order valence-corrected chi connectivity index (χ4v) is 2.50. The highest BCUT2D eigenvalue weighted by Gasteiger charge is 2.22. The molecule has 0 spiro atoms. The van der Waals surface area contributed by atoms with Crippen LogP contribution in [0.4, 0.5) is 0 Å². The first kappa shape index (κ1) is 12.9. The summed E-state index contributed by atoms with van der Waals surface area (Å²) < 4.78 is 0. The lowest BCUT2D eigenvalue weighted by Gasteiger charge is -2.40. The molecule has 0 aromatic rings. The van der Waals surface area contributed by atoms with Gasteiger partial charge in [0.1, 0.15) is 0 Å². The van der Waals surface area contributed by atoms with Crippen molar-refractivity contribution in [3.8, 4) is 0 Å². The van der Waals surface area contributed by atoms with E-state index in [-0.39, 0.29) is 0 Å². The Balaban J connectivity index is 2.28. The van der Waals surface area contributed by atoms with Crippen LogP contribution in [-0.2, 0) is 0 Å². The van der Waals surface area contributed by atoms with Crippen molar-refractivity contribution in [2.24, 2.45) is 5.73 Å². The van der Waals surface area contributed by atoms with Gasteiger partial charge in [0.05, 0.1) is 0 Å². The Morgan fingerprint density at radius 1 is 1.33 bits per heavy atom. The predicted molar refractivity (Wildman–Crippen MR) is 66.0 cm³/mol. The van der Waals surface area contributed by atoms with Crippen molar-refractivity contribution in [2.45, 2.75) is 45.7 Å². The number of piperazine rings is 1. The van der Waals surface area contributed by atoms with E-state index < -0.39 is 0 Å². The lowest BCUT2D eigenvalue weighted by atomic mass is 10.1. The number of nitrogens with two attached hydrogens (primary N) is 1. The third-order valence-electron chi connectivity index (χ3n) is 3.41. The minimum absolute atomic E-state index is 0.371. The first-order valence-corrected chi connectivity index (χ1v) is 6.39. The van der Waals surface area contributed by atoms with Gasteiger partial charge >= 0.3 is 0 Å². The first-order valence-electron chi connectivity index (χ1n) is 6.39. The lowest BCUT2D eigenvalue weighted by molar-refractivity contribution is 0.0835. The molecule has 0 aromatic carbocycles. The van der Waals surface area contributed by atoms with Crippen LogP contribution < -0.4 is 5.73 Å². The van der Waals surface area contributed by atoms with Gasteiger partial charge in [0.15, 0.2) is 0 Å². The molecule has 1 aliphatic heterocycles. The van der Waals surface area contributed by atoms with Gasteiger partial charge in [0, 0.05) is 38.3 Å². The summed E-state index contributed by atoms with van der Waals surface area (Å²) in [6, 6.07) is 1.06. The van der Waals surface area contributed by atoms with E-state index in [1.54, 1.807) is 0 Å². The van der Waals surface area contributed by atoms with Gasteiger partial charge in [-0.15, -0.1) is 0 Å². The molecule has 0 saturated carbocycles. The maximum atomic E-state index is 6.07. The molecule has 1 aliphatic rings. The predicted octanol–water partition coefficient (Wildman–Crippen LogP) is 1.14. The monoisotopic (exact) mass is 213 g/mol. The molecule has 3 nitrogen and oxygen atoms in total. The highest BCUT2D eigenvalue weighted by molar-refractivity contribution is 4.80. The van der Waals surface area contributed by atoms with E-state index in [0.717, 1.165) is 13.0 Å². The molecule has 15 heavy (non-hydrogen) atoms. The Morgan fingerprint density at radius 2 is 2.07 bits per heavy atom.